The first-order valence-corrected chi connectivity index (χ1v) is 3.85. The van der Waals surface area contributed by atoms with E-state index in [-0.39, 0.29) is 0 Å². The lowest BCUT2D eigenvalue weighted by molar-refractivity contribution is -0.112. The minimum atomic E-state index is -1.11. The summed E-state index contributed by atoms with van der Waals surface area (Å²) in [7, 11) is 5.42. The standard InChI is InChI=1S/C9H6BFO2/c10-8-9(5-12,13-8)6-2-1-3-7(11)4-6/h1-5,8H. The third-order valence-electron chi connectivity index (χ3n) is 2.14. The topological polar surface area (TPSA) is 29.6 Å². The van der Waals surface area contributed by atoms with E-state index < -0.39 is 17.4 Å². The van der Waals surface area contributed by atoms with Gasteiger partial charge in [-0.25, -0.2) is 4.39 Å². The van der Waals surface area contributed by atoms with Gasteiger partial charge in [0.05, 0.1) is 6.00 Å². The van der Waals surface area contributed by atoms with Crippen LogP contribution in [0.3, 0.4) is 0 Å². The third kappa shape index (κ3) is 1.18. The Labute approximate surface area is 76.1 Å². The van der Waals surface area contributed by atoms with Crippen molar-refractivity contribution in [3.8, 4) is 0 Å². The Morgan fingerprint density at radius 2 is 2.31 bits per heavy atom. The van der Waals surface area contributed by atoms with E-state index in [0.717, 1.165) is 0 Å². The molecule has 0 aromatic heterocycles. The monoisotopic (exact) mass is 176 g/mol. The van der Waals surface area contributed by atoms with E-state index >= 15 is 0 Å². The van der Waals surface area contributed by atoms with Crippen molar-refractivity contribution in [2.45, 2.75) is 11.6 Å². The van der Waals surface area contributed by atoms with Gasteiger partial charge in [0.2, 0.25) is 0 Å². The minimum Gasteiger partial charge on any atom is -0.364 e. The SMILES string of the molecule is [B]C1OC1(C=O)c1cccc(F)c1. The molecule has 2 unspecified atom stereocenters. The molecule has 0 bridgehead atoms. The van der Waals surface area contributed by atoms with E-state index in [0.29, 0.717) is 11.8 Å². The molecule has 1 aliphatic rings. The molecule has 1 saturated heterocycles. The number of aldehydes is 1. The average Bonchev–Trinajstić information content (AvgIpc) is 2.78. The smallest absolute Gasteiger partial charge is 0.165 e. The van der Waals surface area contributed by atoms with Crippen molar-refractivity contribution in [2.24, 2.45) is 0 Å². The van der Waals surface area contributed by atoms with Crippen LogP contribution in [0.1, 0.15) is 5.56 Å². The van der Waals surface area contributed by atoms with Crippen molar-refractivity contribution in [1.29, 1.82) is 0 Å². The maximum Gasteiger partial charge on any atom is 0.165 e. The highest BCUT2D eigenvalue weighted by molar-refractivity contribution is 6.16. The van der Waals surface area contributed by atoms with Crippen LogP contribution in [-0.2, 0) is 15.1 Å². The van der Waals surface area contributed by atoms with Crippen LogP contribution >= 0.6 is 0 Å². The Bertz CT molecular complexity index is 355. The fourth-order valence-corrected chi connectivity index (χ4v) is 1.30. The molecule has 2 atom stereocenters. The molecule has 0 aliphatic carbocycles. The van der Waals surface area contributed by atoms with Crippen molar-refractivity contribution < 1.29 is 13.9 Å². The van der Waals surface area contributed by atoms with Crippen LogP contribution in [0.2, 0.25) is 0 Å². The summed E-state index contributed by atoms with van der Waals surface area (Å²) in [5, 5.41) is 0. The molecular formula is C9H6BFO2. The predicted molar refractivity (Wildman–Crippen MR) is 44.8 cm³/mol. The van der Waals surface area contributed by atoms with Gasteiger partial charge in [-0.15, -0.1) is 0 Å². The molecule has 1 aliphatic heterocycles. The first kappa shape index (κ1) is 8.44. The fourth-order valence-electron chi connectivity index (χ4n) is 1.30. The normalized spacial score (nSPS) is 31.3. The van der Waals surface area contributed by atoms with Crippen molar-refractivity contribution in [3.63, 3.8) is 0 Å². The van der Waals surface area contributed by atoms with E-state index in [1.165, 1.54) is 18.2 Å². The number of ether oxygens (including phenoxy) is 1. The molecular weight excluding hydrogens is 170 g/mol. The molecule has 0 saturated carbocycles. The van der Waals surface area contributed by atoms with Gasteiger partial charge < -0.3 is 4.74 Å². The Hall–Kier alpha value is -1.16. The minimum absolute atomic E-state index is 0.401. The molecule has 64 valence electrons. The number of rotatable bonds is 2. The van der Waals surface area contributed by atoms with Crippen LogP contribution in [0.25, 0.3) is 0 Å². The third-order valence-corrected chi connectivity index (χ3v) is 2.14. The van der Waals surface area contributed by atoms with Crippen molar-refractivity contribution >= 4 is 14.1 Å². The second-order valence-electron chi connectivity index (χ2n) is 2.96. The molecule has 0 spiro atoms. The number of carbonyl (C=O) groups excluding carboxylic acids is 1. The Morgan fingerprint density at radius 1 is 1.62 bits per heavy atom. The number of epoxide rings is 1. The molecule has 0 amide bonds. The summed E-state index contributed by atoms with van der Waals surface area (Å²) >= 11 is 0. The van der Waals surface area contributed by atoms with Crippen molar-refractivity contribution in [3.05, 3.63) is 35.6 Å². The van der Waals surface area contributed by atoms with Crippen LogP contribution in [0.15, 0.2) is 24.3 Å². The van der Waals surface area contributed by atoms with Crippen molar-refractivity contribution in [2.75, 3.05) is 0 Å². The summed E-state index contributed by atoms with van der Waals surface area (Å²) < 4.78 is 17.7. The number of hydrogen-bond acceptors (Lipinski definition) is 2. The lowest BCUT2D eigenvalue weighted by Crippen LogP contribution is -2.14. The molecule has 2 nitrogen and oxygen atoms in total. The molecule has 2 radical (unpaired) electrons. The summed E-state index contributed by atoms with van der Waals surface area (Å²) in [6, 6.07) is 5.04. The Kier molecular flexibility index (Phi) is 1.73. The van der Waals surface area contributed by atoms with Crippen LogP contribution in [0.5, 0.6) is 0 Å². The van der Waals surface area contributed by atoms with Gasteiger partial charge in [-0.1, -0.05) is 12.1 Å². The van der Waals surface area contributed by atoms with E-state index in [1.54, 1.807) is 6.07 Å². The highest BCUT2D eigenvalue weighted by Crippen LogP contribution is 2.42. The van der Waals surface area contributed by atoms with E-state index in [9.17, 15) is 9.18 Å². The van der Waals surface area contributed by atoms with Gasteiger partial charge in [0, 0.05) is 0 Å². The molecule has 1 fully saturated rings. The second-order valence-corrected chi connectivity index (χ2v) is 2.96. The highest BCUT2D eigenvalue weighted by Gasteiger charge is 2.54. The average molecular weight is 176 g/mol. The molecule has 0 N–H and O–H groups in total. The van der Waals surface area contributed by atoms with Crippen LogP contribution in [0, 0.1) is 5.82 Å². The van der Waals surface area contributed by atoms with E-state index in [2.05, 4.69) is 0 Å². The molecule has 1 aromatic carbocycles. The number of halogens is 1. The van der Waals surface area contributed by atoms with Gasteiger partial charge in [-0.2, -0.15) is 0 Å². The maximum absolute atomic E-state index is 12.8. The lowest BCUT2D eigenvalue weighted by atomic mass is 9.87. The fraction of sp³-hybridized carbons (Fsp3) is 0.222. The van der Waals surface area contributed by atoms with Gasteiger partial charge >= 0.3 is 0 Å². The molecule has 13 heavy (non-hydrogen) atoms. The van der Waals surface area contributed by atoms with E-state index in [1.807, 2.05) is 0 Å². The zero-order valence-corrected chi connectivity index (χ0v) is 6.74. The van der Waals surface area contributed by atoms with E-state index in [4.69, 9.17) is 12.6 Å². The zero-order chi connectivity index (χ0) is 9.47. The lowest BCUT2D eigenvalue weighted by Gasteiger charge is -2.04. The number of hydrogen-bond donors (Lipinski definition) is 0. The van der Waals surface area contributed by atoms with Crippen LogP contribution in [-0.4, -0.2) is 20.1 Å². The summed E-state index contributed by atoms with van der Waals surface area (Å²) in [4.78, 5) is 10.7. The largest absolute Gasteiger partial charge is 0.364 e. The van der Waals surface area contributed by atoms with Crippen molar-refractivity contribution in [1.82, 2.24) is 0 Å². The summed E-state index contributed by atoms with van der Waals surface area (Å²) in [6.45, 7) is 0. The first-order valence-electron chi connectivity index (χ1n) is 3.85. The Balaban J connectivity index is 2.41. The molecule has 4 heteroatoms. The van der Waals surface area contributed by atoms with Gasteiger partial charge in [0.1, 0.15) is 13.7 Å². The summed E-state index contributed by atoms with van der Waals surface area (Å²) in [6.07, 6.45) is 0.604. The van der Waals surface area contributed by atoms with Crippen LogP contribution in [0.4, 0.5) is 4.39 Å². The quantitative estimate of drug-likeness (QED) is 0.378. The Morgan fingerprint density at radius 3 is 2.77 bits per heavy atom. The molecule has 1 heterocycles. The zero-order valence-electron chi connectivity index (χ0n) is 6.74. The highest BCUT2D eigenvalue weighted by atomic mass is 19.1. The summed E-state index contributed by atoms with van der Waals surface area (Å²) in [5.74, 6) is -0.401. The first-order chi connectivity index (χ1) is 6.19. The molecule has 1 aromatic rings. The van der Waals surface area contributed by atoms with Gasteiger partial charge in [0.15, 0.2) is 11.9 Å². The van der Waals surface area contributed by atoms with Crippen LogP contribution < -0.4 is 0 Å². The second kappa shape index (κ2) is 2.67. The van der Waals surface area contributed by atoms with Gasteiger partial charge in [0.25, 0.3) is 0 Å². The number of benzene rings is 1. The predicted octanol–water partition coefficient (Wildman–Crippen LogP) is 0.745. The van der Waals surface area contributed by atoms with Gasteiger partial charge in [-0.05, 0) is 17.7 Å². The number of carbonyl (C=O) groups is 1. The molecule has 2 rings (SSSR count). The van der Waals surface area contributed by atoms with Gasteiger partial charge in [-0.3, -0.25) is 4.79 Å². The maximum atomic E-state index is 12.8. The summed E-state index contributed by atoms with van der Waals surface area (Å²) in [5.41, 5.74) is -0.641.